The summed E-state index contributed by atoms with van der Waals surface area (Å²) in [6.45, 7) is 0. The standard InChI is InChI=1S/C21H23ClN8O3/c1-23-21(32)14-10-30(11-22)17(25-20(31)12-7-8-12)9-16(14)24-15-6-4-5-13(18(15)33-3)19-26-28-29(2)27-19/h4-6,9-10,12,24H,7-8,11H2,1-3H3,(H,23,32). The molecule has 0 unspecified atom stereocenters. The van der Waals surface area contributed by atoms with Crippen LogP contribution < -0.4 is 20.9 Å². The molecule has 0 bridgehead atoms. The number of amides is 2. The zero-order valence-electron chi connectivity index (χ0n) is 18.4. The van der Waals surface area contributed by atoms with E-state index in [0.29, 0.717) is 39.6 Å². The largest absolute Gasteiger partial charge is 0.494 e. The van der Waals surface area contributed by atoms with Gasteiger partial charge >= 0.3 is 0 Å². The van der Waals surface area contributed by atoms with Gasteiger partial charge in [-0.2, -0.15) is 9.79 Å². The first kappa shape index (κ1) is 22.5. The molecule has 1 saturated carbocycles. The molecule has 33 heavy (non-hydrogen) atoms. The number of methoxy groups -OCH3 is 1. The van der Waals surface area contributed by atoms with Gasteiger partial charge in [0.25, 0.3) is 11.8 Å². The van der Waals surface area contributed by atoms with E-state index in [1.807, 2.05) is 6.07 Å². The van der Waals surface area contributed by atoms with E-state index in [-0.39, 0.29) is 23.7 Å². The topological polar surface area (TPSA) is 128 Å². The van der Waals surface area contributed by atoms with Gasteiger partial charge in [-0.15, -0.1) is 21.8 Å². The summed E-state index contributed by atoms with van der Waals surface area (Å²) < 4.78 is 7.18. The van der Waals surface area contributed by atoms with E-state index in [4.69, 9.17) is 16.3 Å². The van der Waals surface area contributed by atoms with E-state index in [9.17, 15) is 9.59 Å². The fourth-order valence-electron chi connectivity index (χ4n) is 3.30. The van der Waals surface area contributed by atoms with Gasteiger partial charge in [0.05, 0.1) is 42.7 Å². The molecule has 1 aliphatic carbocycles. The van der Waals surface area contributed by atoms with Crippen LogP contribution in [0.25, 0.3) is 11.4 Å². The van der Waals surface area contributed by atoms with E-state index in [0.717, 1.165) is 12.8 Å². The highest BCUT2D eigenvalue weighted by Gasteiger charge is 2.29. The van der Waals surface area contributed by atoms with Crippen molar-refractivity contribution < 1.29 is 14.3 Å². The molecule has 11 nitrogen and oxygen atoms in total. The van der Waals surface area contributed by atoms with Crippen LogP contribution in [0.5, 0.6) is 5.75 Å². The maximum atomic E-state index is 12.6. The average Bonchev–Trinajstić information content (AvgIpc) is 3.59. The van der Waals surface area contributed by atoms with Crippen molar-refractivity contribution in [3.63, 3.8) is 0 Å². The van der Waals surface area contributed by atoms with Crippen LogP contribution in [0.1, 0.15) is 23.2 Å². The number of para-hydroxylation sites is 1. The van der Waals surface area contributed by atoms with E-state index in [2.05, 4.69) is 31.0 Å². The highest BCUT2D eigenvalue weighted by Crippen LogP contribution is 2.36. The Morgan fingerprint density at radius 1 is 1.30 bits per heavy atom. The van der Waals surface area contributed by atoms with Gasteiger partial charge in [-0.3, -0.25) is 9.59 Å². The summed E-state index contributed by atoms with van der Waals surface area (Å²) in [5.74, 6) is 0.293. The van der Waals surface area contributed by atoms with E-state index < -0.39 is 0 Å². The summed E-state index contributed by atoms with van der Waals surface area (Å²) in [5.41, 5.74) is 2.29. The molecule has 2 heterocycles. The lowest BCUT2D eigenvalue weighted by atomic mass is 10.1. The van der Waals surface area contributed by atoms with Crippen molar-refractivity contribution >= 4 is 34.8 Å². The van der Waals surface area contributed by atoms with Gasteiger partial charge in [0.2, 0.25) is 5.82 Å². The second-order valence-corrected chi connectivity index (χ2v) is 7.70. The van der Waals surface area contributed by atoms with Crippen molar-refractivity contribution in [2.24, 2.45) is 18.0 Å². The number of benzene rings is 1. The number of nitrogens with zero attached hydrogens (tertiary/aromatic N) is 6. The minimum Gasteiger partial charge on any atom is -0.494 e. The summed E-state index contributed by atoms with van der Waals surface area (Å²) in [7, 11) is 4.74. The first-order valence-corrected chi connectivity index (χ1v) is 10.8. The number of tetrazole rings is 1. The Morgan fingerprint density at radius 3 is 2.70 bits per heavy atom. The van der Waals surface area contributed by atoms with Crippen molar-refractivity contribution in [1.29, 1.82) is 0 Å². The molecule has 1 fully saturated rings. The van der Waals surface area contributed by atoms with Gasteiger partial charge in [-0.05, 0) is 30.2 Å². The number of carbonyl (C=O) groups is 2. The molecule has 2 N–H and O–H groups in total. The van der Waals surface area contributed by atoms with Crippen LogP contribution in [0.2, 0.25) is 0 Å². The number of aromatic nitrogens is 5. The number of carbonyl (C=O) groups excluding carboxylic acids is 2. The highest BCUT2D eigenvalue weighted by atomic mass is 35.5. The van der Waals surface area contributed by atoms with Crippen molar-refractivity contribution in [1.82, 2.24) is 30.1 Å². The van der Waals surface area contributed by atoms with Crippen LogP contribution >= 0.6 is 11.6 Å². The Bertz CT molecular complexity index is 1280. The number of alkyl halides is 1. The fraction of sp³-hybridized carbons (Fsp3) is 0.333. The summed E-state index contributed by atoms with van der Waals surface area (Å²) >= 11 is 6.08. The number of ether oxygens (including phenoxy) is 1. The van der Waals surface area contributed by atoms with Crippen molar-refractivity contribution in [2.75, 3.05) is 19.5 Å². The monoisotopic (exact) mass is 470 g/mol. The third kappa shape index (κ3) is 4.72. The minimum absolute atomic E-state index is 0.0260. The lowest BCUT2D eigenvalue weighted by Crippen LogP contribution is -2.27. The third-order valence-electron chi connectivity index (χ3n) is 5.13. The molecule has 172 valence electrons. The van der Waals surface area contributed by atoms with Crippen molar-refractivity contribution in [3.8, 4) is 17.1 Å². The van der Waals surface area contributed by atoms with E-state index in [1.54, 1.807) is 36.0 Å². The van der Waals surface area contributed by atoms with Gasteiger partial charge < -0.3 is 19.9 Å². The first-order chi connectivity index (χ1) is 15.9. The van der Waals surface area contributed by atoms with E-state index in [1.165, 1.54) is 19.0 Å². The maximum absolute atomic E-state index is 12.6. The van der Waals surface area contributed by atoms with Crippen molar-refractivity contribution in [2.45, 2.75) is 18.8 Å². The molecule has 1 aromatic carbocycles. The van der Waals surface area contributed by atoms with Crippen LogP contribution in [-0.2, 0) is 17.8 Å². The van der Waals surface area contributed by atoms with Gasteiger partial charge in [0.1, 0.15) is 5.49 Å². The quantitative estimate of drug-likeness (QED) is 0.504. The molecule has 0 aliphatic heterocycles. The van der Waals surface area contributed by atoms with Crippen molar-refractivity contribution in [3.05, 3.63) is 41.5 Å². The van der Waals surface area contributed by atoms with Crippen LogP contribution in [0.15, 0.2) is 35.5 Å². The number of anilines is 2. The number of halogens is 1. The molecule has 0 saturated heterocycles. The third-order valence-corrected chi connectivity index (χ3v) is 5.39. The number of nitrogens with one attached hydrogen (secondary N) is 2. The highest BCUT2D eigenvalue weighted by molar-refractivity contribution is 6.15. The van der Waals surface area contributed by atoms with E-state index >= 15 is 0 Å². The molecular formula is C21H23ClN8O3. The van der Waals surface area contributed by atoms with Gasteiger partial charge in [-0.1, -0.05) is 6.07 Å². The average molecular weight is 471 g/mol. The molecule has 2 amide bonds. The van der Waals surface area contributed by atoms with Gasteiger partial charge in [0.15, 0.2) is 5.75 Å². The zero-order valence-corrected chi connectivity index (χ0v) is 19.1. The fourth-order valence-corrected chi connectivity index (χ4v) is 3.49. The van der Waals surface area contributed by atoms with Gasteiger partial charge in [0, 0.05) is 25.2 Å². The Morgan fingerprint density at radius 2 is 2.09 bits per heavy atom. The summed E-state index contributed by atoms with van der Waals surface area (Å²) in [6, 6.07) is 7.06. The Labute approximate surface area is 194 Å². The predicted molar refractivity (Wildman–Crippen MR) is 121 cm³/mol. The normalized spacial score (nSPS) is 13.6. The number of rotatable bonds is 7. The second kappa shape index (κ2) is 9.41. The van der Waals surface area contributed by atoms with Crippen LogP contribution in [0, 0.1) is 5.92 Å². The molecule has 0 spiro atoms. The maximum Gasteiger partial charge on any atom is 0.254 e. The number of hydrogen-bond donors (Lipinski definition) is 2. The van der Waals surface area contributed by atoms with Crippen LogP contribution in [-0.4, -0.2) is 50.7 Å². The number of pyridine rings is 1. The predicted octanol–water partition coefficient (Wildman–Crippen LogP) is 1.82. The Balaban J connectivity index is 1.83. The Kier molecular flexibility index (Phi) is 6.40. The lowest BCUT2D eigenvalue weighted by molar-refractivity contribution is -0.119. The first-order valence-electron chi connectivity index (χ1n) is 10.2. The molecule has 12 heteroatoms. The molecule has 0 radical (unpaired) electrons. The van der Waals surface area contributed by atoms with Gasteiger partial charge in [-0.25, -0.2) is 0 Å². The number of aryl methyl sites for hydroxylation is 1. The molecule has 4 rings (SSSR count). The molecular weight excluding hydrogens is 448 g/mol. The van der Waals surface area contributed by atoms with Crippen LogP contribution in [0.3, 0.4) is 0 Å². The van der Waals surface area contributed by atoms with Crippen LogP contribution in [0.4, 0.5) is 11.4 Å². The summed E-state index contributed by atoms with van der Waals surface area (Å²) in [4.78, 5) is 30.5. The minimum atomic E-state index is -0.331. The molecule has 0 atom stereocenters. The SMILES string of the molecule is CNC(=O)c1cn(CCl)c(=NC(=O)C2CC2)cc1Nc1cccc(-c2nnn(C)n2)c1OC. The second-order valence-electron chi connectivity index (χ2n) is 7.47. The number of hydrogen-bond acceptors (Lipinski definition) is 7. The molecule has 1 aliphatic rings. The zero-order chi connectivity index (χ0) is 23.5. The molecule has 2 aromatic heterocycles. The smallest absolute Gasteiger partial charge is 0.254 e. The lowest BCUT2D eigenvalue weighted by Gasteiger charge is -2.17. The summed E-state index contributed by atoms with van der Waals surface area (Å²) in [5, 5.41) is 18.0. The Hall–Kier alpha value is -3.73. The molecule has 3 aromatic rings. The summed E-state index contributed by atoms with van der Waals surface area (Å²) in [6.07, 6.45) is 3.24.